The number of hydrogen-bond donors (Lipinski definition) is 3. The molecule has 1 aliphatic carbocycles. The molecule has 3 N–H and O–H groups in total. The summed E-state index contributed by atoms with van der Waals surface area (Å²) in [5, 5.41) is 9.19. The Labute approximate surface area is 261 Å². The standard InChI is InChI=1S/C35H58N4O4/c1-10-11-12-13-14-18-21-29(22-23-39(26-27(2)3)33(42)43-35(7,8)9)37-32(41)31(34(4,5)6)38-30(40)25-36-24-28-19-16-15-17-20-28/h11-14,16,19-21,27,31,36H,10,15,17-18,22-26H2,1-9H3,(H,37,41)(H,38,40)/b12-11-,14-13-,29-21+/t31-/m1/s1. The topological polar surface area (TPSA) is 99.8 Å². The molecule has 0 spiro atoms. The molecule has 0 saturated heterocycles. The molecule has 0 fully saturated rings. The Morgan fingerprint density at radius 3 is 2.33 bits per heavy atom. The maximum absolute atomic E-state index is 13.6. The van der Waals surface area contributed by atoms with Crippen molar-refractivity contribution in [3.63, 3.8) is 0 Å². The van der Waals surface area contributed by atoms with Crippen LogP contribution in [0.5, 0.6) is 0 Å². The number of nitrogens with one attached hydrogen (secondary N) is 3. The molecule has 0 bridgehead atoms. The van der Waals surface area contributed by atoms with Gasteiger partial charge in [0.05, 0.1) is 6.54 Å². The van der Waals surface area contributed by atoms with Crippen molar-refractivity contribution < 1.29 is 19.1 Å². The molecule has 1 atom stereocenters. The van der Waals surface area contributed by atoms with Gasteiger partial charge in [0.2, 0.25) is 11.8 Å². The summed E-state index contributed by atoms with van der Waals surface area (Å²) >= 11 is 0. The van der Waals surface area contributed by atoms with Crippen molar-refractivity contribution in [2.24, 2.45) is 11.3 Å². The highest BCUT2D eigenvalue weighted by Gasteiger charge is 2.33. The summed E-state index contributed by atoms with van der Waals surface area (Å²) in [5.41, 5.74) is 0.734. The van der Waals surface area contributed by atoms with Crippen molar-refractivity contribution in [2.75, 3.05) is 26.2 Å². The molecule has 0 saturated carbocycles. The van der Waals surface area contributed by atoms with Crippen LogP contribution in [0.4, 0.5) is 4.79 Å². The lowest BCUT2D eigenvalue weighted by molar-refractivity contribution is -0.130. The van der Waals surface area contributed by atoms with Crippen LogP contribution in [0.3, 0.4) is 0 Å². The number of ether oxygens (including phenoxy) is 1. The fraction of sp³-hybridized carbons (Fsp3) is 0.629. The van der Waals surface area contributed by atoms with E-state index in [1.54, 1.807) is 4.90 Å². The van der Waals surface area contributed by atoms with Gasteiger partial charge >= 0.3 is 6.09 Å². The zero-order chi connectivity index (χ0) is 32.5. The molecule has 0 aromatic carbocycles. The van der Waals surface area contributed by atoms with Gasteiger partial charge in [0.15, 0.2) is 0 Å². The quantitative estimate of drug-likeness (QED) is 0.174. The average molecular weight is 599 g/mol. The van der Waals surface area contributed by atoms with Crippen molar-refractivity contribution in [3.05, 3.63) is 59.9 Å². The van der Waals surface area contributed by atoms with E-state index in [0.717, 1.165) is 24.8 Å². The molecule has 0 aliphatic heterocycles. The van der Waals surface area contributed by atoms with E-state index in [9.17, 15) is 14.4 Å². The molecule has 0 radical (unpaired) electrons. The number of amides is 3. The minimum absolute atomic E-state index is 0.115. The summed E-state index contributed by atoms with van der Waals surface area (Å²) in [5.74, 6) is -0.269. The van der Waals surface area contributed by atoms with Gasteiger partial charge < -0.3 is 25.6 Å². The highest BCUT2D eigenvalue weighted by molar-refractivity contribution is 5.89. The summed E-state index contributed by atoms with van der Waals surface area (Å²) in [4.78, 5) is 41.1. The Morgan fingerprint density at radius 2 is 1.74 bits per heavy atom. The van der Waals surface area contributed by atoms with Crippen LogP contribution in [0.1, 0.15) is 94.4 Å². The third-order valence-corrected chi connectivity index (χ3v) is 6.41. The van der Waals surface area contributed by atoms with Gasteiger partial charge in [-0.2, -0.15) is 0 Å². The van der Waals surface area contributed by atoms with E-state index < -0.39 is 17.1 Å². The predicted octanol–water partition coefficient (Wildman–Crippen LogP) is 6.58. The third kappa shape index (κ3) is 17.6. The van der Waals surface area contributed by atoms with E-state index in [4.69, 9.17) is 4.74 Å². The number of allylic oxidation sites excluding steroid dienone is 7. The smallest absolute Gasteiger partial charge is 0.410 e. The molecule has 43 heavy (non-hydrogen) atoms. The first-order chi connectivity index (χ1) is 20.1. The van der Waals surface area contributed by atoms with Crippen LogP contribution >= 0.6 is 0 Å². The summed E-state index contributed by atoms with van der Waals surface area (Å²) < 4.78 is 5.65. The van der Waals surface area contributed by atoms with Gasteiger partial charge in [-0.15, -0.1) is 0 Å². The molecule has 0 unspecified atom stereocenters. The number of rotatable bonds is 16. The van der Waals surface area contributed by atoms with Gasteiger partial charge in [0, 0.05) is 31.8 Å². The van der Waals surface area contributed by atoms with E-state index >= 15 is 0 Å². The van der Waals surface area contributed by atoms with Crippen molar-refractivity contribution in [1.29, 1.82) is 0 Å². The Bertz CT molecular complexity index is 1040. The molecule has 1 rings (SSSR count). The minimum Gasteiger partial charge on any atom is -0.444 e. The fourth-order valence-corrected chi connectivity index (χ4v) is 4.31. The summed E-state index contributed by atoms with van der Waals surface area (Å²) in [6, 6.07) is -0.750. The van der Waals surface area contributed by atoms with Gasteiger partial charge in [-0.1, -0.05) is 90.2 Å². The molecule has 8 heteroatoms. The molecule has 242 valence electrons. The first kappa shape index (κ1) is 37.9. The van der Waals surface area contributed by atoms with Crippen LogP contribution in [0, 0.1) is 11.3 Å². The lowest BCUT2D eigenvalue weighted by Gasteiger charge is -2.31. The fourth-order valence-electron chi connectivity index (χ4n) is 4.31. The second kappa shape index (κ2) is 19.2. The van der Waals surface area contributed by atoms with E-state index in [1.165, 1.54) is 0 Å². The van der Waals surface area contributed by atoms with Crippen molar-refractivity contribution in [2.45, 2.75) is 106 Å². The van der Waals surface area contributed by atoms with Crippen LogP contribution in [0.2, 0.25) is 0 Å². The van der Waals surface area contributed by atoms with Crippen LogP contribution < -0.4 is 16.0 Å². The van der Waals surface area contributed by atoms with Crippen LogP contribution in [0.15, 0.2) is 59.9 Å². The zero-order valence-corrected chi connectivity index (χ0v) is 28.2. The van der Waals surface area contributed by atoms with E-state index in [0.29, 0.717) is 38.2 Å². The maximum Gasteiger partial charge on any atom is 0.410 e. The molecule has 0 heterocycles. The Morgan fingerprint density at radius 1 is 1.05 bits per heavy atom. The zero-order valence-electron chi connectivity index (χ0n) is 28.2. The normalized spacial score (nSPS) is 15.1. The van der Waals surface area contributed by atoms with E-state index in [1.807, 2.05) is 65.8 Å². The second-order valence-electron chi connectivity index (χ2n) is 13.5. The third-order valence-electron chi connectivity index (χ3n) is 6.41. The predicted molar refractivity (Wildman–Crippen MR) is 177 cm³/mol. The van der Waals surface area contributed by atoms with Gasteiger partial charge in [0.1, 0.15) is 11.6 Å². The van der Waals surface area contributed by atoms with Crippen molar-refractivity contribution in [3.8, 4) is 0 Å². The summed E-state index contributed by atoms with van der Waals surface area (Å²) in [6.45, 7) is 19.2. The minimum atomic E-state index is -0.750. The van der Waals surface area contributed by atoms with Gasteiger partial charge in [-0.05, 0) is 63.4 Å². The van der Waals surface area contributed by atoms with Crippen molar-refractivity contribution >= 4 is 17.9 Å². The molecular weight excluding hydrogens is 540 g/mol. The molecule has 8 nitrogen and oxygen atoms in total. The Balaban J connectivity index is 3.02. The first-order valence-corrected chi connectivity index (χ1v) is 15.8. The van der Waals surface area contributed by atoms with Crippen molar-refractivity contribution in [1.82, 2.24) is 20.9 Å². The number of carbonyl (C=O) groups is 3. The average Bonchev–Trinajstić information content (AvgIpc) is 2.90. The Hall–Kier alpha value is -3.13. The lowest BCUT2D eigenvalue weighted by Crippen LogP contribution is -2.55. The molecule has 0 aromatic heterocycles. The summed E-state index contributed by atoms with van der Waals surface area (Å²) in [7, 11) is 0. The SMILES string of the molecule is CC/C=C\C=C/C/C=C(\CCN(CC(C)C)C(=O)OC(C)(C)C)NC(=O)[C@@H](NC(=O)CNCC1=CCCC=C1)C(C)(C)C. The highest BCUT2D eigenvalue weighted by Crippen LogP contribution is 2.20. The molecule has 0 aromatic rings. The first-order valence-electron chi connectivity index (χ1n) is 15.8. The van der Waals surface area contributed by atoms with Gasteiger partial charge in [0.25, 0.3) is 0 Å². The van der Waals surface area contributed by atoms with E-state index in [2.05, 4.69) is 61.0 Å². The van der Waals surface area contributed by atoms with Crippen LogP contribution in [-0.4, -0.2) is 60.6 Å². The molecule has 1 aliphatic rings. The molecular formula is C35H58N4O4. The maximum atomic E-state index is 13.6. The molecule has 3 amide bonds. The highest BCUT2D eigenvalue weighted by atomic mass is 16.6. The summed E-state index contributed by atoms with van der Waals surface area (Å²) in [6.07, 6.45) is 20.1. The van der Waals surface area contributed by atoms with Crippen LogP contribution in [0.25, 0.3) is 0 Å². The number of carbonyl (C=O) groups excluding carboxylic acids is 3. The second-order valence-corrected chi connectivity index (χ2v) is 13.5. The van der Waals surface area contributed by atoms with Crippen LogP contribution in [-0.2, 0) is 14.3 Å². The Kier molecular flexibility index (Phi) is 16.9. The monoisotopic (exact) mass is 598 g/mol. The number of nitrogens with zero attached hydrogens (tertiary/aromatic N) is 1. The van der Waals surface area contributed by atoms with Gasteiger partial charge in [-0.3, -0.25) is 9.59 Å². The largest absolute Gasteiger partial charge is 0.444 e. The number of hydrogen-bond acceptors (Lipinski definition) is 5. The van der Waals surface area contributed by atoms with Gasteiger partial charge in [-0.25, -0.2) is 4.79 Å². The van der Waals surface area contributed by atoms with E-state index in [-0.39, 0.29) is 30.4 Å². The lowest BCUT2D eigenvalue weighted by atomic mass is 9.86.